The lowest BCUT2D eigenvalue weighted by Crippen LogP contribution is -2.32. The zero-order valence-corrected chi connectivity index (χ0v) is 16.3. The van der Waals surface area contributed by atoms with Crippen molar-refractivity contribution in [2.24, 2.45) is 0 Å². The van der Waals surface area contributed by atoms with Gasteiger partial charge in [-0.15, -0.1) is 5.10 Å². The van der Waals surface area contributed by atoms with Gasteiger partial charge in [-0.2, -0.15) is 0 Å². The summed E-state index contributed by atoms with van der Waals surface area (Å²) in [5.74, 6) is 0.635. The Morgan fingerprint density at radius 3 is 2.26 bits per heavy atom. The molecule has 31 heavy (non-hydrogen) atoms. The number of nitrogens with zero attached hydrogens (tertiary/aromatic N) is 4. The maximum absolute atomic E-state index is 12.3. The Morgan fingerprint density at radius 2 is 1.58 bits per heavy atom. The van der Waals surface area contributed by atoms with Crippen molar-refractivity contribution in [1.82, 2.24) is 25.5 Å². The second-order valence-electron chi connectivity index (χ2n) is 6.47. The Kier molecular flexibility index (Phi) is 5.94. The van der Waals surface area contributed by atoms with Crippen LogP contribution in [0.4, 0.5) is 5.69 Å². The highest BCUT2D eigenvalue weighted by molar-refractivity contribution is 5.99. The fourth-order valence-corrected chi connectivity index (χ4v) is 2.74. The molecule has 0 spiro atoms. The van der Waals surface area contributed by atoms with Gasteiger partial charge in [0.15, 0.2) is 0 Å². The topological polar surface area (TPSA) is 111 Å². The summed E-state index contributed by atoms with van der Waals surface area (Å²) in [4.78, 5) is 24.4. The van der Waals surface area contributed by atoms with Crippen LogP contribution >= 0.6 is 0 Å². The summed E-state index contributed by atoms with van der Waals surface area (Å²) >= 11 is 0. The summed E-state index contributed by atoms with van der Waals surface area (Å²) in [7, 11) is 0. The predicted molar refractivity (Wildman–Crippen MR) is 113 cm³/mol. The molecular formula is C22H18N6O3. The van der Waals surface area contributed by atoms with Crippen LogP contribution in [0.2, 0.25) is 0 Å². The minimum atomic E-state index is -0.351. The van der Waals surface area contributed by atoms with E-state index in [9.17, 15) is 9.59 Å². The minimum Gasteiger partial charge on any atom is -0.457 e. The van der Waals surface area contributed by atoms with E-state index in [2.05, 4.69) is 26.2 Å². The van der Waals surface area contributed by atoms with E-state index >= 15 is 0 Å². The zero-order valence-electron chi connectivity index (χ0n) is 16.3. The summed E-state index contributed by atoms with van der Waals surface area (Å²) in [6.07, 6.45) is 1.48. The fraction of sp³-hybridized carbons (Fsp3) is 0.0455. The van der Waals surface area contributed by atoms with E-state index in [1.54, 1.807) is 48.5 Å². The molecule has 0 saturated heterocycles. The lowest BCUT2D eigenvalue weighted by molar-refractivity contribution is -0.115. The zero-order chi connectivity index (χ0) is 21.5. The van der Waals surface area contributed by atoms with Gasteiger partial charge < -0.3 is 15.4 Å². The van der Waals surface area contributed by atoms with Crippen molar-refractivity contribution in [3.05, 3.63) is 90.8 Å². The number of hydrogen-bond acceptors (Lipinski definition) is 6. The summed E-state index contributed by atoms with van der Waals surface area (Å²) in [5, 5.41) is 16.3. The number of carbonyl (C=O) groups is 2. The first-order valence-electron chi connectivity index (χ1n) is 9.42. The normalized spacial score (nSPS) is 10.3. The lowest BCUT2D eigenvalue weighted by atomic mass is 10.2. The highest BCUT2D eigenvalue weighted by Crippen LogP contribution is 2.21. The Hall–Kier alpha value is -4.53. The van der Waals surface area contributed by atoms with Crippen LogP contribution in [0.3, 0.4) is 0 Å². The van der Waals surface area contributed by atoms with Crippen LogP contribution in [-0.4, -0.2) is 38.6 Å². The molecule has 154 valence electrons. The van der Waals surface area contributed by atoms with Gasteiger partial charge in [0, 0.05) is 11.3 Å². The van der Waals surface area contributed by atoms with Crippen molar-refractivity contribution in [2.45, 2.75) is 0 Å². The third-order valence-corrected chi connectivity index (χ3v) is 4.27. The van der Waals surface area contributed by atoms with Crippen LogP contribution in [-0.2, 0) is 4.79 Å². The van der Waals surface area contributed by atoms with Crippen LogP contribution < -0.4 is 15.4 Å². The molecule has 4 rings (SSSR count). The molecule has 1 aromatic heterocycles. The second-order valence-corrected chi connectivity index (χ2v) is 6.47. The summed E-state index contributed by atoms with van der Waals surface area (Å²) in [6, 6.07) is 23.0. The molecule has 2 N–H and O–H groups in total. The predicted octanol–water partition coefficient (Wildman–Crippen LogP) is 2.82. The van der Waals surface area contributed by atoms with Crippen molar-refractivity contribution >= 4 is 17.5 Å². The van der Waals surface area contributed by atoms with Crippen LogP contribution in [0.1, 0.15) is 10.4 Å². The molecule has 0 radical (unpaired) electrons. The number of carbonyl (C=O) groups excluding carboxylic acids is 2. The molecule has 9 nitrogen and oxygen atoms in total. The molecule has 0 aliphatic heterocycles. The summed E-state index contributed by atoms with van der Waals surface area (Å²) in [5.41, 5.74) is 1.79. The van der Waals surface area contributed by atoms with Crippen LogP contribution in [0, 0.1) is 0 Å². The van der Waals surface area contributed by atoms with Gasteiger partial charge >= 0.3 is 0 Å². The Labute approximate surface area is 177 Å². The fourth-order valence-electron chi connectivity index (χ4n) is 2.74. The molecule has 4 aromatic rings. The van der Waals surface area contributed by atoms with Crippen molar-refractivity contribution in [3.8, 4) is 17.2 Å². The number of tetrazole rings is 1. The molecule has 9 heteroatoms. The number of nitrogens with one attached hydrogen (secondary N) is 2. The Balaban J connectivity index is 1.26. The van der Waals surface area contributed by atoms with E-state index < -0.39 is 0 Å². The van der Waals surface area contributed by atoms with E-state index in [4.69, 9.17) is 4.74 Å². The van der Waals surface area contributed by atoms with Crippen LogP contribution in [0.25, 0.3) is 5.69 Å². The number of anilines is 1. The van der Waals surface area contributed by atoms with Gasteiger partial charge in [0.25, 0.3) is 5.91 Å². The maximum atomic E-state index is 12.3. The quantitative estimate of drug-likeness (QED) is 0.481. The highest BCUT2D eigenvalue weighted by Gasteiger charge is 2.09. The van der Waals surface area contributed by atoms with Crippen molar-refractivity contribution < 1.29 is 14.3 Å². The van der Waals surface area contributed by atoms with Gasteiger partial charge in [-0.3, -0.25) is 9.59 Å². The maximum Gasteiger partial charge on any atom is 0.251 e. The molecule has 0 fully saturated rings. The molecule has 1 heterocycles. The average Bonchev–Trinajstić information content (AvgIpc) is 3.34. The van der Waals surface area contributed by atoms with E-state index in [-0.39, 0.29) is 18.4 Å². The highest BCUT2D eigenvalue weighted by atomic mass is 16.5. The first-order valence-corrected chi connectivity index (χ1v) is 9.42. The number of aromatic nitrogens is 4. The lowest BCUT2D eigenvalue weighted by Gasteiger charge is -2.09. The molecule has 3 aromatic carbocycles. The van der Waals surface area contributed by atoms with Gasteiger partial charge in [-0.25, -0.2) is 4.68 Å². The molecule has 0 aliphatic carbocycles. The first kappa shape index (κ1) is 19.8. The third kappa shape index (κ3) is 5.30. The molecule has 2 amide bonds. The number of ether oxygens (including phenoxy) is 1. The van der Waals surface area contributed by atoms with Crippen molar-refractivity contribution in [2.75, 3.05) is 11.9 Å². The van der Waals surface area contributed by atoms with Crippen LogP contribution in [0.5, 0.6) is 11.5 Å². The Morgan fingerprint density at radius 1 is 0.871 bits per heavy atom. The molecular weight excluding hydrogens is 396 g/mol. The summed E-state index contributed by atoms with van der Waals surface area (Å²) < 4.78 is 7.20. The number of amides is 2. The molecule has 0 atom stereocenters. The second kappa shape index (κ2) is 9.31. The molecule has 0 unspecified atom stereocenters. The molecule has 0 aliphatic rings. The van der Waals surface area contributed by atoms with Crippen molar-refractivity contribution in [3.63, 3.8) is 0 Å². The van der Waals surface area contributed by atoms with Gasteiger partial charge in [-0.1, -0.05) is 18.2 Å². The number of para-hydroxylation sites is 1. The van der Waals surface area contributed by atoms with Gasteiger partial charge in [0.05, 0.1) is 12.2 Å². The number of rotatable bonds is 7. The standard InChI is InChI=1S/C22H18N6O3/c29-21(25-17-8-10-18(11-9-17)28-15-24-26-27-28)14-23-22(30)16-6-12-20(13-7-16)31-19-4-2-1-3-5-19/h1-13,15H,14H2,(H,23,30)(H,25,29). The Bertz CT molecular complexity index is 1140. The SMILES string of the molecule is O=C(CNC(=O)c1ccc(Oc2ccccc2)cc1)Nc1ccc(-n2cnnn2)cc1. The monoisotopic (exact) mass is 414 g/mol. The summed E-state index contributed by atoms with van der Waals surface area (Å²) in [6.45, 7) is -0.157. The third-order valence-electron chi connectivity index (χ3n) is 4.27. The number of benzene rings is 3. The largest absolute Gasteiger partial charge is 0.457 e. The first-order chi connectivity index (χ1) is 15.2. The van der Waals surface area contributed by atoms with Gasteiger partial charge in [-0.05, 0) is 71.1 Å². The average molecular weight is 414 g/mol. The molecule has 0 bridgehead atoms. The van der Waals surface area contributed by atoms with Crippen molar-refractivity contribution in [1.29, 1.82) is 0 Å². The van der Waals surface area contributed by atoms with E-state index in [0.717, 1.165) is 5.69 Å². The number of hydrogen-bond donors (Lipinski definition) is 2. The van der Waals surface area contributed by atoms with Gasteiger partial charge in [0.1, 0.15) is 17.8 Å². The van der Waals surface area contributed by atoms with Gasteiger partial charge in [0.2, 0.25) is 5.91 Å². The molecule has 0 saturated carbocycles. The van der Waals surface area contributed by atoms with Crippen LogP contribution in [0.15, 0.2) is 85.2 Å². The van der Waals surface area contributed by atoms with E-state index in [0.29, 0.717) is 22.7 Å². The van der Waals surface area contributed by atoms with E-state index in [1.165, 1.54) is 11.0 Å². The minimum absolute atomic E-state index is 0.157. The smallest absolute Gasteiger partial charge is 0.251 e. The van der Waals surface area contributed by atoms with E-state index in [1.807, 2.05) is 30.3 Å².